The Morgan fingerprint density at radius 3 is 2.93 bits per heavy atom. The van der Waals surface area contributed by atoms with E-state index in [0.717, 1.165) is 36.9 Å². The number of fused-ring (bicyclic) bond motifs is 1. The van der Waals surface area contributed by atoms with Gasteiger partial charge in [-0.25, -0.2) is 4.98 Å². The summed E-state index contributed by atoms with van der Waals surface area (Å²) in [7, 11) is 0. The van der Waals surface area contributed by atoms with E-state index < -0.39 is 0 Å². The number of rotatable bonds is 6. The number of anilines is 1. The van der Waals surface area contributed by atoms with E-state index in [-0.39, 0.29) is 11.5 Å². The van der Waals surface area contributed by atoms with Gasteiger partial charge in [-0.05, 0) is 43.7 Å². The Balaban J connectivity index is 1.44. The lowest BCUT2D eigenvalue weighted by Gasteiger charge is -2.11. The van der Waals surface area contributed by atoms with Crippen LogP contribution in [0.15, 0.2) is 33.7 Å². The molecule has 3 aromatic rings. The third-order valence-electron chi connectivity index (χ3n) is 6.13. The molecule has 30 heavy (non-hydrogen) atoms. The van der Waals surface area contributed by atoms with Gasteiger partial charge in [-0.15, -0.1) is 0 Å². The molecule has 2 aliphatic carbocycles. The first kappa shape index (κ1) is 18.8. The molecular weight excluding hydrogens is 382 g/mol. The summed E-state index contributed by atoms with van der Waals surface area (Å²) in [6.07, 6.45) is 10.4. The summed E-state index contributed by atoms with van der Waals surface area (Å²) >= 11 is 0. The van der Waals surface area contributed by atoms with E-state index in [9.17, 15) is 9.59 Å². The van der Waals surface area contributed by atoms with Gasteiger partial charge in [0.1, 0.15) is 11.5 Å². The number of carbonyl (C=O) groups excluding carboxylic acids is 1. The number of H-pyrrole nitrogens is 1. The number of carbonyl (C=O) groups is 1. The van der Waals surface area contributed by atoms with E-state index in [1.165, 1.54) is 30.4 Å². The normalized spacial score (nSPS) is 16.1. The van der Waals surface area contributed by atoms with Gasteiger partial charge in [0.2, 0.25) is 11.9 Å². The van der Waals surface area contributed by atoms with E-state index in [4.69, 9.17) is 4.42 Å². The fourth-order valence-corrected chi connectivity index (χ4v) is 4.54. The molecular formula is C22H25N5O3. The highest BCUT2D eigenvalue weighted by molar-refractivity contribution is 5.90. The van der Waals surface area contributed by atoms with Crippen LogP contribution in [0.1, 0.15) is 56.2 Å². The van der Waals surface area contributed by atoms with E-state index >= 15 is 0 Å². The van der Waals surface area contributed by atoms with E-state index in [1.807, 2.05) is 0 Å². The van der Waals surface area contributed by atoms with Gasteiger partial charge in [0.15, 0.2) is 5.76 Å². The first-order valence-corrected chi connectivity index (χ1v) is 10.7. The summed E-state index contributed by atoms with van der Waals surface area (Å²) in [4.78, 5) is 32.6. The number of aryl methyl sites for hydroxylation is 1. The Bertz CT molecular complexity index is 1110. The SMILES string of the molecule is O=C(CCC1CCCC1)Nc1cc(-c2ccco2)nn1-c1nc2c(c(=O)[nH]1)CCC2. The second kappa shape index (κ2) is 7.93. The van der Waals surface area contributed by atoms with Crippen molar-refractivity contribution in [1.29, 1.82) is 0 Å². The van der Waals surface area contributed by atoms with Crippen molar-refractivity contribution < 1.29 is 9.21 Å². The van der Waals surface area contributed by atoms with Crippen molar-refractivity contribution in [3.05, 3.63) is 46.1 Å². The Labute approximate surface area is 173 Å². The summed E-state index contributed by atoms with van der Waals surface area (Å²) < 4.78 is 6.95. The molecule has 0 unspecified atom stereocenters. The zero-order valence-corrected chi connectivity index (χ0v) is 16.8. The Kier molecular flexibility index (Phi) is 4.98. The van der Waals surface area contributed by atoms with Crippen molar-refractivity contribution in [3.8, 4) is 17.4 Å². The van der Waals surface area contributed by atoms with Crippen molar-refractivity contribution in [2.24, 2.45) is 5.92 Å². The van der Waals surface area contributed by atoms with Crippen molar-refractivity contribution in [1.82, 2.24) is 19.7 Å². The minimum Gasteiger partial charge on any atom is -0.463 e. The highest BCUT2D eigenvalue weighted by atomic mass is 16.3. The van der Waals surface area contributed by atoms with Gasteiger partial charge < -0.3 is 9.73 Å². The molecule has 8 nitrogen and oxygen atoms in total. The summed E-state index contributed by atoms with van der Waals surface area (Å²) in [5.74, 6) is 1.95. The predicted molar refractivity (Wildman–Crippen MR) is 112 cm³/mol. The maximum Gasteiger partial charge on any atom is 0.255 e. The zero-order valence-electron chi connectivity index (χ0n) is 16.8. The van der Waals surface area contributed by atoms with Gasteiger partial charge in [-0.1, -0.05) is 25.7 Å². The topological polar surface area (TPSA) is 106 Å². The van der Waals surface area contributed by atoms with Crippen LogP contribution in [-0.2, 0) is 17.6 Å². The lowest BCUT2D eigenvalue weighted by Crippen LogP contribution is -2.21. The second-order valence-corrected chi connectivity index (χ2v) is 8.21. The first-order chi connectivity index (χ1) is 14.7. The number of furan rings is 1. The minimum absolute atomic E-state index is 0.0578. The third-order valence-corrected chi connectivity index (χ3v) is 6.13. The number of nitrogens with one attached hydrogen (secondary N) is 2. The van der Waals surface area contributed by atoms with Gasteiger partial charge in [0, 0.05) is 18.1 Å². The van der Waals surface area contributed by atoms with Crippen LogP contribution in [0.5, 0.6) is 0 Å². The van der Waals surface area contributed by atoms with Crippen LogP contribution >= 0.6 is 0 Å². The molecule has 3 heterocycles. The van der Waals surface area contributed by atoms with Crippen LogP contribution in [0.3, 0.4) is 0 Å². The van der Waals surface area contributed by atoms with E-state index in [0.29, 0.717) is 35.6 Å². The Morgan fingerprint density at radius 2 is 2.13 bits per heavy atom. The Hall–Kier alpha value is -3.16. The molecule has 0 spiro atoms. The fraction of sp³-hybridized carbons (Fsp3) is 0.455. The summed E-state index contributed by atoms with van der Waals surface area (Å²) in [5, 5.41) is 7.52. The molecule has 8 heteroatoms. The largest absolute Gasteiger partial charge is 0.463 e. The van der Waals surface area contributed by atoms with Crippen molar-refractivity contribution >= 4 is 11.7 Å². The highest BCUT2D eigenvalue weighted by Gasteiger charge is 2.22. The first-order valence-electron chi connectivity index (χ1n) is 10.7. The van der Waals surface area contributed by atoms with Crippen molar-refractivity contribution in [2.75, 3.05) is 5.32 Å². The molecule has 1 saturated carbocycles. The number of aromatic nitrogens is 4. The average Bonchev–Trinajstić information content (AvgIpc) is 3.53. The van der Waals surface area contributed by atoms with Crippen LogP contribution in [0, 0.1) is 5.92 Å². The monoisotopic (exact) mass is 407 g/mol. The Morgan fingerprint density at radius 1 is 1.27 bits per heavy atom. The van der Waals surface area contributed by atoms with Crippen LogP contribution < -0.4 is 10.9 Å². The molecule has 156 valence electrons. The van der Waals surface area contributed by atoms with E-state index in [2.05, 4.69) is 20.4 Å². The third kappa shape index (κ3) is 3.69. The highest BCUT2D eigenvalue weighted by Crippen LogP contribution is 2.29. The number of hydrogen-bond donors (Lipinski definition) is 2. The van der Waals surface area contributed by atoms with Crippen LogP contribution in [0.2, 0.25) is 0 Å². The van der Waals surface area contributed by atoms with Crippen LogP contribution in [0.25, 0.3) is 17.4 Å². The lowest BCUT2D eigenvalue weighted by atomic mass is 10.0. The van der Waals surface area contributed by atoms with Gasteiger partial charge in [0.05, 0.1) is 12.0 Å². The summed E-state index contributed by atoms with van der Waals surface area (Å²) in [6.45, 7) is 0. The second-order valence-electron chi connectivity index (χ2n) is 8.21. The quantitative estimate of drug-likeness (QED) is 0.649. The van der Waals surface area contributed by atoms with Crippen LogP contribution in [-0.4, -0.2) is 25.7 Å². The minimum atomic E-state index is -0.138. The molecule has 0 saturated heterocycles. The lowest BCUT2D eigenvalue weighted by molar-refractivity contribution is -0.116. The molecule has 0 aromatic carbocycles. The molecule has 2 aliphatic rings. The smallest absolute Gasteiger partial charge is 0.255 e. The molecule has 3 aromatic heterocycles. The van der Waals surface area contributed by atoms with E-state index in [1.54, 1.807) is 24.5 Å². The molecule has 0 aliphatic heterocycles. The summed E-state index contributed by atoms with van der Waals surface area (Å²) in [5.41, 5.74) is 1.98. The molecule has 2 N–H and O–H groups in total. The molecule has 0 radical (unpaired) electrons. The molecule has 1 amide bonds. The number of hydrogen-bond acceptors (Lipinski definition) is 5. The number of nitrogens with zero attached hydrogens (tertiary/aromatic N) is 3. The number of amides is 1. The number of aromatic amines is 1. The standard InChI is InChI=1S/C22H25N5O3/c28-20(11-10-14-5-1-2-6-14)24-19-13-17(18-9-4-12-30-18)26-27(19)22-23-16-8-3-7-15(16)21(29)25-22/h4,9,12-14H,1-3,5-8,10-11H2,(H,24,28)(H,23,25,29). The average molecular weight is 407 g/mol. The maximum absolute atomic E-state index is 12.6. The van der Waals surface area contributed by atoms with Crippen molar-refractivity contribution in [3.63, 3.8) is 0 Å². The van der Waals surface area contributed by atoms with Crippen LogP contribution in [0.4, 0.5) is 5.82 Å². The molecule has 1 fully saturated rings. The van der Waals surface area contributed by atoms with Gasteiger partial charge in [-0.2, -0.15) is 9.78 Å². The van der Waals surface area contributed by atoms with Crippen molar-refractivity contribution in [2.45, 2.75) is 57.8 Å². The fourth-order valence-electron chi connectivity index (χ4n) is 4.54. The molecule has 0 bridgehead atoms. The van der Waals surface area contributed by atoms with Gasteiger partial charge in [-0.3, -0.25) is 14.6 Å². The molecule has 0 atom stereocenters. The maximum atomic E-state index is 12.6. The zero-order chi connectivity index (χ0) is 20.5. The van der Waals surface area contributed by atoms with Gasteiger partial charge >= 0.3 is 0 Å². The van der Waals surface area contributed by atoms with Gasteiger partial charge in [0.25, 0.3) is 5.56 Å². The molecule has 5 rings (SSSR count). The predicted octanol–water partition coefficient (Wildman–Crippen LogP) is 3.61. The summed E-state index contributed by atoms with van der Waals surface area (Å²) in [6, 6.07) is 5.33.